The maximum Gasteiger partial charge on any atom is 0.336 e. The first-order valence-electron chi connectivity index (χ1n) is 5.57. The molecule has 0 radical (unpaired) electrons. The molecular formula is C12H21NO4. The van der Waals surface area contributed by atoms with E-state index in [-0.39, 0.29) is 12.0 Å². The zero-order valence-electron chi connectivity index (χ0n) is 11.3. The molecule has 0 aliphatic heterocycles. The predicted octanol–water partition coefficient (Wildman–Crippen LogP) is 1.06. The monoisotopic (exact) mass is 243 g/mol. The van der Waals surface area contributed by atoms with Crippen molar-refractivity contribution in [1.82, 2.24) is 5.32 Å². The summed E-state index contributed by atoms with van der Waals surface area (Å²) in [6.07, 6.45) is -0.323. The van der Waals surface area contributed by atoms with Crippen LogP contribution in [0.2, 0.25) is 0 Å². The lowest BCUT2D eigenvalue weighted by Crippen LogP contribution is -2.50. The van der Waals surface area contributed by atoms with Crippen LogP contribution in [0.25, 0.3) is 0 Å². The van der Waals surface area contributed by atoms with Crippen molar-refractivity contribution in [2.24, 2.45) is 5.41 Å². The second-order valence-electron chi connectivity index (χ2n) is 5.25. The molecule has 5 nitrogen and oxygen atoms in total. The van der Waals surface area contributed by atoms with Crippen molar-refractivity contribution in [2.75, 3.05) is 0 Å². The van der Waals surface area contributed by atoms with Gasteiger partial charge in [-0.15, -0.1) is 0 Å². The van der Waals surface area contributed by atoms with E-state index >= 15 is 0 Å². The third-order valence-corrected chi connectivity index (χ3v) is 1.95. The van der Waals surface area contributed by atoms with Gasteiger partial charge in [0.1, 0.15) is 0 Å². The number of carbonyl (C=O) groups is 3. The van der Waals surface area contributed by atoms with Crippen LogP contribution in [-0.4, -0.2) is 29.8 Å². The minimum atomic E-state index is -1.22. The number of ether oxygens (including phenoxy) is 1. The van der Waals surface area contributed by atoms with Crippen molar-refractivity contribution in [3.05, 3.63) is 0 Å². The number of carbonyl (C=O) groups excluding carboxylic acids is 3. The largest absolute Gasteiger partial charge is 0.461 e. The Kier molecular flexibility index (Phi) is 5.32. The Morgan fingerprint density at radius 1 is 1.12 bits per heavy atom. The van der Waals surface area contributed by atoms with Gasteiger partial charge in [-0.25, -0.2) is 4.79 Å². The second kappa shape index (κ2) is 5.80. The van der Waals surface area contributed by atoms with Crippen LogP contribution in [-0.2, 0) is 19.1 Å². The molecule has 0 fully saturated rings. The average molecular weight is 243 g/mol. The number of Topliss-reactive ketones (excluding diaryl/α,β-unsaturated/α-hetero) is 1. The van der Waals surface area contributed by atoms with Crippen molar-refractivity contribution in [1.29, 1.82) is 0 Å². The molecule has 0 spiro atoms. The first kappa shape index (κ1) is 15.6. The van der Waals surface area contributed by atoms with Crippen molar-refractivity contribution in [2.45, 2.75) is 53.7 Å². The van der Waals surface area contributed by atoms with E-state index in [9.17, 15) is 14.4 Å². The summed E-state index contributed by atoms with van der Waals surface area (Å²) in [6.45, 7) is 9.71. The molecule has 5 heteroatoms. The Bertz CT molecular complexity index is 315. The van der Waals surface area contributed by atoms with Gasteiger partial charge >= 0.3 is 5.97 Å². The van der Waals surface area contributed by atoms with Gasteiger partial charge < -0.3 is 10.1 Å². The summed E-state index contributed by atoms with van der Waals surface area (Å²) in [7, 11) is 0. The smallest absolute Gasteiger partial charge is 0.336 e. The van der Waals surface area contributed by atoms with E-state index in [4.69, 9.17) is 4.74 Å². The number of hydrogen-bond donors (Lipinski definition) is 1. The topological polar surface area (TPSA) is 72.5 Å². The van der Waals surface area contributed by atoms with Crippen LogP contribution >= 0.6 is 0 Å². The van der Waals surface area contributed by atoms with Gasteiger partial charge in [0.05, 0.1) is 6.10 Å². The summed E-state index contributed by atoms with van der Waals surface area (Å²) in [5.41, 5.74) is -0.661. The fourth-order valence-electron chi connectivity index (χ4n) is 0.974. The Labute approximate surface area is 102 Å². The standard InChI is InChI=1S/C12H21NO4/c1-7(2)17-10(15)9(8(3)14)13-11(16)12(4,5)6/h7,9H,1-6H3,(H,13,16). The fourth-order valence-corrected chi connectivity index (χ4v) is 0.974. The molecule has 0 saturated carbocycles. The summed E-state index contributed by atoms with van der Waals surface area (Å²) in [4.78, 5) is 34.6. The Balaban J connectivity index is 4.73. The van der Waals surface area contributed by atoms with Crippen molar-refractivity contribution in [3.8, 4) is 0 Å². The van der Waals surface area contributed by atoms with E-state index in [0.717, 1.165) is 0 Å². The molecule has 0 heterocycles. The number of esters is 1. The van der Waals surface area contributed by atoms with Gasteiger partial charge in [-0.2, -0.15) is 0 Å². The van der Waals surface area contributed by atoms with E-state index in [1.165, 1.54) is 6.92 Å². The van der Waals surface area contributed by atoms with Crippen LogP contribution in [0.1, 0.15) is 41.5 Å². The van der Waals surface area contributed by atoms with Gasteiger partial charge in [-0.1, -0.05) is 20.8 Å². The Morgan fingerprint density at radius 3 is 1.88 bits per heavy atom. The van der Waals surface area contributed by atoms with E-state index in [0.29, 0.717) is 0 Å². The summed E-state index contributed by atoms with van der Waals surface area (Å²) >= 11 is 0. The lowest BCUT2D eigenvalue weighted by molar-refractivity contribution is -0.154. The number of amides is 1. The first-order chi connectivity index (χ1) is 7.55. The van der Waals surface area contributed by atoms with Crippen LogP contribution in [0.4, 0.5) is 0 Å². The second-order valence-corrected chi connectivity index (χ2v) is 5.25. The number of ketones is 1. The van der Waals surface area contributed by atoms with Gasteiger partial charge in [0.2, 0.25) is 5.91 Å². The summed E-state index contributed by atoms with van der Waals surface area (Å²) < 4.78 is 4.91. The molecule has 0 saturated heterocycles. The molecule has 0 bridgehead atoms. The minimum absolute atomic E-state index is 0.323. The highest BCUT2D eigenvalue weighted by Gasteiger charge is 2.31. The van der Waals surface area contributed by atoms with Gasteiger partial charge in [0.15, 0.2) is 11.8 Å². The van der Waals surface area contributed by atoms with Crippen molar-refractivity contribution in [3.63, 3.8) is 0 Å². The zero-order valence-corrected chi connectivity index (χ0v) is 11.3. The SMILES string of the molecule is CC(=O)C(NC(=O)C(C)(C)C)C(=O)OC(C)C. The summed E-state index contributed by atoms with van der Waals surface area (Å²) in [6, 6.07) is -1.22. The number of hydrogen-bond acceptors (Lipinski definition) is 4. The molecule has 1 amide bonds. The quantitative estimate of drug-likeness (QED) is 0.592. The highest BCUT2D eigenvalue weighted by Crippen LogP contribution is 2.13. The van der Waals surface area contributed by atoms with E-state index < -0.39 is 23.2 Å². The third-order valence-electron chi connectivity index (χ3n) is 1.95. The maximum atomic E-state index is 11.7. The number of nitrogens with one attached hydrogen (secondary N) is 1. The van der Waals surface area contributed by atoms with Crippen LogP contribution in [0.15, 0.2) is 0 Å². The highest BCUT2D eigenvalue weighted by atomic mass is 16.5. The summed E-state index contributed by atoms with van der Waals surface area (Å²) in [5.74, 6) is -1.52. The summed E-state index contributed by atoms with van der Waals surface area (Å²) in [5, 5.41) is 2.40. The van der Waals surface area contributed by atoms with E-state index in [2.05, 4.69) is 5.32 Å². The third kappa shape index (κ3) is 5.47. The van der Waals surface area contributed by atoms with Gasteiger partial charge in [0.25, 0.3) is 0 Å². The molecule has 0 aromatic heterocycles. The van der Waals surface area contributed by atoms with E-state index in [1.807, 2.05) is 0 Å². The molecule has 0 aliphatic rings. The molecule has 17 heavy (non-hydrogen) atoms. The molecule has 0 aromatic carbocycles. The molecule has 0 rings (SSSR count). The predicted molar refractivity (Wildman–Crippen MR) is 63.3 cm³/mol. The fraction of sp³-hybridized carbons (Fsp3) is 0.750. The normalized spacial score (nSPS) is 13.1. The molecule has 1 N–H and O–H groups in total. The lowest BCUT2D eigenvalue weighted by atomic mass is 9.95. The molecular weight excluding hydrogens is 222 g/mol. The first-order valence-corrected chi connectivity index (χ1v) is 5.57. The molecule has 0 aromatic rings. The van der Waals surface area contributed by atoms with E-state index in [1.54, 1.807) is 34.6 Å². The molecule has 1 atom stereocenters. The minimum Gasteiger partial charge on any atom is -0.461 e. The van der Waals surface area contributed by atoms with Crippen molar-refractivity contribution >= 4 is 17.7 Å². The molecule has 1 unspecified atom stereocenters. The van der Waals surface area contributed by atoms with Crippen LogP contribution in [0.3, 0.4) is 0 Å². The van der Waals surface area contributed by atoms with Gasteiger partial charge in [-0.3, -0.25) is 9.59 Å². The highest BCUT2D eigenvalue weighted by molar-refractivity contribution is 6.05. The number of rotatable bonds is 4. The Morgan fingerprint density at radius 2 is 1.59 bits per heavy atom. The van der Waals surface area contributed by atoms with Gasteiger partial charge in [-0.05, 0) is 20.8 Å². The zero-order chi connectivity index (χ0) is 13.8. The average Bonchev–Trinajstić information content (AvgIpc) is 2.09. The van der Waals surface area contributed by atoms with Crippen molar-refractivity contribution < 1.29 is 19.1 Å². The Hall–Kier alpha value is -1.39. The van der Waals surface area contributed by atoms with Crippen LogP contribution in [0.5, 0.6) is 0 Å². The lowest BCUT2D eigenvalue weighted by Gasteiger charge is -2.22. The maximum absolute atomic E-state index is 11.7. The molecule has 0 aliphatic carbocycles. The van der Waals surface area contributed by atoms with Crippen LogP contribution < -0.4 is 5.32 Å². The molecule has 98 valence electrons. The van der Waals surface area contributed by atoms with Gasteiger partial charge in [0, 0.05) is 5.41 Å². The van der Waals surface area contributed by atoms with Crippen LogP contribution in [0, 0.1) is 5.41 Å².